The zero-order chi connectivity index (χ0) is 14.3. The fourth-order valence-electron chi connectivity index (χ4n) is 1.62. The minimum Gasteiger partial charge on any atom is -0.444 e. The molecule has 0 bridgehead atoms. The van der Waals surface area contributed by atoms with Crippen LogP contribution >= 0.6 is 0 Å². The van der Waals surface area contributed by atoms with E-state index in [9.17, 15) is 9.59 Å². The first-order valence-electron chi connectivity index (χ1n) is 6.42. The zero-order valence-electron chi connectivity index (χ0n) is 11.7. The van der Waals surface area contributed by atoms with Gasteiger partial charge in [-0.25, -0.2) is 4.79 Å². The number of ether oxygens (including phenoxy) is 1. The Balaban J connectivity index is 2.27. The number of hydrogen-bond donors (Lipinski definition) is 1. The van der Waals surface area contributed by atoms with Crippen LogP contribution in [0.3, 0.4) is 0 Å². The Labute approximate surface area is 114 Å². The maximum absolute atomic E-state index is 11.4. The van der Waals surface area contributed by atoms with Crippen LogP contribution in [0, 0.1) is 0 Å². The number of carbonyl (C=O) groups is 2. The van der Waals surface area contributed by atoms with Gasteiger partial charge in [-0.15, -0.1) is 0 Å². The smallest absolute Gasteiger partial charge is 0.407 e. The highest BCUT2D eigenvalue weighted by atomic mass is 16.6. The van der Waals surface area contributed by atoms with Crippen molar-refractivity contribution >= 4 is 12.4 Å². The van der Waals surface area contributed by atoms with Gasteiger partial charge in [-0.1, -0.05) is 18.2 Å². The molecule has 4 nitrogen and oxygen atoms in total. The van der Waals surface area contributed by atoms with Gasteiger partial charge >= 0.3 is 6.09 Å². The third-order valence-electron chi connectivity index (χ3n) is 2.40. The lowest BCUT2D eigenvalue weighted by Crippen LogP contribution is -2.33. The van der Waals surface area contributed by atoms with E-state index in [0.717, 1.165) is 24.7 Å². The van der Waals surface area contributed by atoms with Gasteiger partial charge in [-0.3, -0.25) is 4.79 Å². The highest BCUT2D eigenvalue weighted by Gasteiger charge is 2.15. The van der Waals surface area contributed by atoms with Crippen LogP contribution in [0.2, 0.25) is 0 Å². The molecule has 1 rings (SSSR count). The number of rotatable bonds is 5. The summed E-state index contributed by atoms with van der Waals surface area (Å²) in [7, 11) is 0. The molecular formula is C15H21NO3. The molecule has 1 aromatic carbocycles. The minimum atomic E-state index is -0.470. The van der Waals surface area contributed by atoms with E-state index in [2.05, 4.69) is 5.32 Å². The van der Waals surface area contributed by atoms with Gasteiger partial charge in [0.2, 0.25) is 0 Å². The van der Waals surface area contributed by atoms with Gasteiger partial charge in [0.1, 0.15) is 11.9 Å². The summed E-state index contributed by atoms with van der Waals surface area (Å²) in [6, 6.07) is 7.47. The lowest BCUT2D eigenvalue weighted by molar-refractivity contribution is 0.0527. The highest BCUT2D eigenvalue weighted by Crippen LogP contribution is 2.07. The molecule has 0 saturated heterocycles. The number of carbonyl (C=O) groups excluding carboxylic acids is 2. The first-order valence-corrected chi connectivity index (χ1v) is 6.42. The van der Waals surface area contributed by atoms with E-state index < -0.39 is 11.7 Å². The lowest BCUT2D eigenvalue weighted by atomic mass is 10.1. The summed E-state index contributed by atoms with van der Waals surface area (Å²) in [4.78, 5) is 22.0. The van der Waals surface area contributed by atoms with Crippen molar-refractivity contribution in [1.82, 2.24) is 5.32 Å². The number of hydrogen-bond acceptors (Lipinski definition) is 3. The van der Waals surface area contributed by atoms with E-state index >= 15 is 0 Å². The van der Waals surface area contributed by atoms with Crippen LogP contribution in [0.4, 0.5) is 4.79 Å². The fraction of sp³-hybridized carbons (Fsp3) is 0.467. The minimum absolute atomic E-state index is 0.394. The molecular weight excluding hydrogens is 242 g/mol. The van der Waals surface area contributed by atoms with Gasteiger partial charge in [0, 0.05) is 12.1 Å². The van der Waals surface area contributed by atoms with E-state index in [1.807, 2.05) is 39.0 Å². The zero-order valence-corrected chi connectivity index (χ0v) is 11.7. The molecule has 0 atom stereocenters. The topological polar surface area (TPSA) is 55.4 Å². The van der Waals surface area contributed by atoms with E-state index in [1.165, 1.54) is 0 Å². The molecule has 0 unspecified atom stereocenters. The Morgan fingerprint density at radius 1 is 1.37 bits per heavy atom. The van der Waals surface area contributed by atoms with Gasteiger partial charge in [-0.05, 0) is 45.2 Å². The van der Waals surface area contributed by atoms with Crippen LogP contribution < -0.4 is 5.32 Å². The van der Waals surface area contributed by atoms with Crippen LogP contribution in [-0.4, -0.2) is 24.5 Å². The summed E-state index contributed by atoms with van der Waals surface area (Å²) in [5.41, 5.74) is 1.30. The van der Waals surface area contributed by atoms with Crippen LogP contribution in [0.15, 0.2) is 24.3 Å². The Bertz CT molecular complexity index is 435. The van der Waals surface area contributed by atoms with Crippen LogP contribution in [0.5, 0.6) is 0 Å². The number of aldehydes is 1. The van der Waals surface area contributed by atoms with Crippen LogP contribution in [0.25, 0.3) is 0 Å². The van der Waals surface area contributed by atoms with E-state index in [0.29, 0.717) is 12.1 Å². The molecule has 104 valence electrons. The van der Waals surface area contributed by atoms with Gasteiger partial charge in [0.05, 0.1) is 0 Å². The quantitative estimate of drug-likeness (QED) is 0.656. The first-order chi connectivity index (χ1) is 8.90. The van der Waals surface area contributed by atoms with Gasteiger partial charge in [-0.2, -0.15) is 0 Å². The van der Waals surface area contributed by atoms with Gasteiger partial charge in [0.15, 0.2) is 0 Å². The second-order valence-electron chi connectivity index (χ2n) is 5.40. The highest BCUT2D eigenvalue weighted by molar-refractivity contribution is 5.74. The number of nitrogens with one attached hydrogen (secondary N) is 1. The summed E-state index contributed by atoms with van der Waals surface area (Å²) in [6.07, 6.45) is 2.07. The third-order valence-corrected chi connectivity index (χ3v) is 2.40. The summed E-state index contributed by atoms with van der Waals surface area (Å²) >= 11 is 0. The monoisotopic (exact) mass is 263 g/mol. The number of amides is 1. The van der Waals surface area contributed by atoms with Crippen LogP contribution in [-0.2, 0) is 11.2 Å². The normalized spacial score (nSPS) is 10.9. The maximum Gasteiger partial charge on any atom is 0.407 e. The molecule has 1 aromatic rings. The molecule has 0 spiro atoms. The lowest BCUT2D eigenvalue weighted by Gasteiger charge is -2.19. The predicted octanol–water partition coefficient (Wildman–Crippen LogP) is 2.96. The average Bonchev–Trinajstić information content (AvgIpc) is 2.33. The number of alkyl carbamates (subject to hydrolysis) is 1. The Kier molecular flexibility index (Phi) is 5.55. The van der Waals surface area contributed by atoms with Gasteiger partial charge in [0.25, 0.3) is 0 Å². The van der Waals surface area contributed by atoms with Gasteiger partial charge < -0.3 is 10.1 Å². The van der Waals surface area contributed by atoms with E-state index in [-0.39, 0.29) is 0 Å². The molecule has 0 radical (unpaired) electrons. The molecule has 0 aliphatic heterocycles. The molecule has 0 fully saturated rings. The van der Waals surface area contributed by atoms with Crippen molar-refractivity contribution in [1.29, 1.82) is 0 Å². The molecule has 1 amide bonds. The molecule has 19 heavy (non-hydrogen) atoms. The largest absolute Gasteiger partial charge is 0.444 e. The molecule has 0 aliphatic carbocycles. The Morgan fingerprint density at radius 3 is 2.74 bits per heavy atom. The average molecular weight is 263 g/mol. The molecule has 0 aliphatic rings. The molecule has 1 N–H and O–H groups in total. The molecule has 0 heterocycles. The van der Waals surface area contributed by atoms with Crippen molar-refractivity contribution in [2.75, 3.05) is 6.54 Å². The van der Waals surface area contributed by atoms with Crippen molar-refractivity contribution in [3.05, 3.63) is 35.4 Å². The van der Waals surface area contributed by atoms with Crippen molar-refractivity contribution < 1.29 is 14.3 Å². The third kappa shape index (κ3) is 6.60. The SMILES string of the molecule is CC(C)(C)OC(=O)NCCCc1cccc(C=O)c1. The summed E-state index contributed by atoms with van der Waals surface area (Å²) in [5.74, 6) is 0. The second kappa shape index (κ2) is 6.92. The van der Waals surface area contributed by atoms with E-state index in [4.69, 9.17) is 4.74 Å². The number of benzene rings is 1. The summed E-state index contributed by atoms with van der Waals surface area (Å²) < 4.78 is 5.13. The predicted molar refractivity (Wildman–Crippen MR) is 74.4 cm³/mol. The Hall–Kier alpha value is -1.84. The van der Waals surface area contributed by atoms with E-state index in [1.54, 1.807) is 6.07 Å². The standard InChI is InChI=1S/C15H21NO3/c1-15(2,3)19-14(18)16-9-5-8-12-6-4-7-13(10-12)11-17/h4,6-7,10-11H,5,8-9H2,1-3H3,(H,16,18). The maximum atomic E-state index is 11.4. The number of aryl methyl sites for hydroxylation is 1. The Morgan fingerprint density at radius 2 is 2.11 bits per heavy atom. The fourth-order valence-corrected chi connectivity index (χ4v) is 1.62. The van der Waals surface area contributed by atoms with Crippen molar-refractivity contribution in [2.45, 2.75) is 39.2 Å². The first kappa shape index (κ1) is 15.2. The van der Waals surface area contributed by atoms with Crippen LogP contribution in [0.1, 0.15) is 43.1 Å². The second-order valence-corrected chi connectivity index (χ2v) is 5.40. The summed E-state index contributed by atoms with van der Waals surface area (Å²) in [6.45, 7) is 6.05. The van der Waals surface area contributed by atoms with Crippen molar-refractivity contribution in [2.24, 2.45) is 0 Å². The molecule has 0 aromatic heterocycles. The molecule has 4 heteroatoms. The van der Waals surface area contributed by atoms with Crippen molar-refractivity contribution in [3.63, 3.8) is 0 Å². The summed E-state index contributed by atoms with van der Waals surface area (Å²) in [5, 5.41) is 2.71. The van der Waals surface area contributed by atoms with Crippen molar-refractivity contribution in [3.8, 4) is 0 Å². The molecule has 0 saturated carbocycles.